The van der Waals surface area contributed by atoms with E-state index in [9.17, 15) is 4.79 Å². The van der Waals surface area contributed by atoms with E-state index in [4.69, 9.17) is 0 Å². The quantitative estimate of drug-likeness (QED) is 0.875. The highest BCUT2D eigenvalue weighted by Crippen LogP contribution is 2.21. The number of amides is 1. The molecule has 1 aliphatic rings. The summed E-state index contributed by atoms with van der Waals surface area (Å²) >= 11 is 0. The van der Waals surface area contributed by atoms with Gasteiger partial charge in [0.05, 0.1) is 5.69 Å². The van der Waals surface area contributed by atoms with Gasteiger partial charge in [-0.2, -0.15) is 0 Å². The van der Waals surface area contributed by atoms with Gasteiger partial charge in [0.25, 0.3) is 5.91 Å². The predicted molar refractivity (Wildman–Crippen MR) is 83.5 cm³/mol. The summed E-state index contributed by atoms with van der Waals surface area (Å²) < 4.78 is 0. The number of rotatable bonds is 4. The number of nitrogens with zero attached hydrogens (tertiary/aromatic N) is 2. The first-order valence-corrected chi connectivity index (χ1v) is 7.22. The Kier molecular flexibility index (Phi) is 3.77. The number of nitrogens with one attached hydrogen (secondary N) is 1. The zero-order valence-corrected chi connectivity index (χ0v) is 12.0. The summed E-state index contributed by atoms with van der Waals surface area (Å²) in [6.07, 6.45) is 2.10. The van der Waals surface area contributed by atoms with Crippen molar-refractivity contribution in [1.29, 1.82) is 0 Å². The smallest absolute Gasteiger partial charge is 0.276 e. The lowest BCUT2D eigenvalue weighted by Crippen LogP contribution is -2.21. The van der Waals surface area contributed by atoms with Crippen LogP contribution in [-0.2, 0) is 0 Å². The molecule has 1 aromatic carbocycles. The van der Waals surface area contributed by atoms with Crippen LogP contribution in [-0.4, -0.2) is 23.3 Å². The first-order chi connectivity index (χ1) is 10.3. The number of pyridine rings is 1. The molecule has 2 heterocycles. The monoisotopic (exact) mass is 279 g/mol. The van der Waals surface area contributed by atoms with Crippen molar-refractivity contribution in [2.75, 3.05) is 6.54 Å². The Morgan fingerprint density at radius 3 is 2.71 bits per heavy atom. The molecule has 0 spiro atoms. The fourth-order valence-electron chi connectivity index (χ4n) is 2.30. The van der Waals surface area contributed by atoms with Gasteiger partial charge >= 0.3 is 0 Å². The van der Waals surface area contributed by atoms with E-state index >= 15 is 0 Å². The lowest BCUT2D eigenvalue weighted by Gasteiger charge is -2.02. The minimum atomic E-state index is -0.168. The van der Waals surface area contributed by atoms with Gasteiger partial charge in [-0.1, -0.05) is 43.7 Å². The Bertz CT molecular complexity index is 692. The summed E-state index contributed by atoms with van der Waals surface area (Å²) in [6, 6.07) is 13.7. The van der Waals surface area contributed by atoms with E-state index in [0.29, 0.717) is 11.5 Å². The van der Waals surface area contributed by atoms with Crippen LogP contribution in [0.3, 0.4) is 0 Å². The number of carbonyl (C=O) groups is 1. The van der Waals surface area contributed by atoms with Gasteiger partial charge in [-0.3, -0.25) is 9.79 Å². The molecule has 4 heteroatoms. The lowest BCUT2D eigenvalue weighted by atomic mass is 10.1. The summed E-state index contributed by atoms with van der Waals surface area (Å²) in [5.41, 5.74) is 3.08. The highest BCUT2D eigenvalue weighted by atomic mass is 16.2. The molecule has 3 rings (SSSR count). The van der Waals surface area contributed by atoms with Crippen molar-refractivity contribution in [3.8, 4) is 11.3 Å². The second-order valence-corrected chi connectivity index (χ2v) is 5.00. The summed E-state index contributed by atoms with van der Waals surface area (Å²) in [4.78, 5) is 21.0. The van der Waals surface area contributed by atoms with Crippen molar-refractivity contribution in [3.05, 3.63) is 53.7 Å². The first kappa shape index (κ1) is 13.5. The number of benzene rings is 1. The van der Waals surface area contributed by atoms with E-state index in [-0.39, 0.29) is 5.91 Å². The minimum absolute atomic E-state index is 0.168. The van der Waals surface area contributed by atoms with Crippen molar-refractivity contribution in [1.82, 2.24) is 10.3 Å². The molecular weight excluding hydrogens is 262 g/mol. The molecule has 1 amide bonds. The second kappa shape index (κ2) is 5.87. The number of hydrogen-bond acceptors (Lipinski definition) is 3. The van der Waals surface area contributed by atoms with Crippen LogP contribution in [0.4, 0.5) is 0 Å². The van der Waals surface area contributed by atoms with Crippen molar-refractivity contribution >= 4 is 11.7 Å². The van der Waals surface area contributed by atoms with Gasteiger partial charge in [0.1, 0.15) is 11.5 Å². The molecule has 0 atom stereocenters. The molecular formula is C17H17N3O. The Labute approximate surface area is 123 Å². The highest BCUT2D eigenvalue weighted by molar-refractivity contribution is 6.22. The molecule has 0 aliphatic carbocycles. The SMILES string of the molecule is CCCCN=C1NC(=O)c2nc(-c3ccccc3)ccc21. The molecule has 1 aliphatic heterocycles. The average Bonchev–Trinajstić information content (AvgIpc) is 2.84. The third-order valence-electron chi connectivity index (χ3n) is 3.45. The van der Waals surface area contributed by atoms with E-state index < -0.39 is 0 Å². The van der Waals surface area contributed by atoms with E-state index in [1.807, 2.05) is 42.5 Å². The Hall–Kier alpha value is -2.49. The Morgan fingerprint density at radius 2 is 1.95 bits per heavy atom. The van der Waals surface area contributed by atoms with Crippen LogP contribution < -0.4 is 5.32 Å². The maximum Gasteiger partial charge on any atom is 0.276 e. The first-order valence-electron chi connectivity index (χ1n) is 7.22. The van der Waals surface area contributed by atoms with Gasteiger partial charge in [-0.15, -0.1) is 0 Å². The number of unbranched alkanes of at least 4 members (excludes halogenated alkanes) is 1. The summed E-state index contributed by atoms with van der Waals surface area (Å²) in [5.74, 6) is 0.480. The van der Waals surface area contributed by atoms with Crippen LogP contribution in [0.1, 0.15) is 35.8 Å². The lowest BCUT2D eigenvalue weighted by molar-refractivity contribution is 0.0979. The van der Waals surface area contributed by atoms with Crippen LogP contribution in [0.25, 0.3) is 11.3 Å². The molecule has 4 nitrogen and oxygen atoms in total. The largest absolute Gasteiger partial charge is 0.305 e. The van der Waals surface area contributed by atoms with Crippen molar-refractivity contribution < 1.29 is 4.79 Å². The number of aromatic nitrogens is 1. The van der Waals surface area contributed by atoms with Crippen LogP contribution in [0.2, 0.25) is 0 Å². The normalized spacial score (nSPS) is 15.1. The van der Waals surface area contributed by atoms with E-state index in [1.54, 1.807) is 0 Å². The van der Waals surface area contributed by atoms with Gasteiger partial charge in [0.2, 0.25) is 0 Å². The number of carbonyl (C=O) groups excluding carboxylic acids is 1. The van der Waals surface area contributed by atoms with E-state index in [0.717, 1.165) is 36.2 Å². The van der Waals surface area contributed by atoms with E-state index in [1.165, 1.54) is 0 Å². The van der Waals surface area contributed by atoms with Gasteiger partial charge in [0.15, 0.2) is 0 Å². The number of fused-ring (bicyclic) bond motifs is 1. The topological polar surface area (TPSA) is 54.4 Å². The fraction of sp³-hybridized carbons (Fsp3) is 0.235. The van der Waals surface area contributed by atoms with Gasteiger partial charge in [-0.05, 0) is 18.6 Å². The number of amidine groups is 1. The molecule has 0 unspecified atom stereocenters. The Morgan fingerprint density at radius 1 is 1.14 bits per heavy atom. The third kappa shape index (κ3) is 2.70. The van der Waals surface area contributed by atoms with Crippen molar-refractivity contribution in [3.63, 3.8) is 0 Å². The van der Waals surface area contributed by atoms with Crippen LogP contribution in [0, 0.1) is 0 Å². The molecule has 0 saturated carbocycles. The second-order valence-electron chi connectivity index (χ2n) is 5.00. The summed E-state index contributed by atoms with van der Waals surface area (Å²) in [5, 5.41) is 2.81. The van der Waals surface area contributed by atoms with Crippen molar-refractivity contribution in [2.45, 2.75) is 19.8 Å². The highest BCUT2D eigenvalue weighted by Gasteiger charge is 2.26. The Balaban J connectivity index is 1.95. The predicted octanol–water partition coefficient (Wildman–Crippen LogP) is 3.04. The molecule has 21 heavy (non-hydrogen) atoms. The number of aliphatic imine (C=N–C) groups is 1. The summed E-state index contributed by atoms with van der Waals surface area (Å²) in [6.45, 7) is 2.85. The molecule has 0 fully saturated rings. The molecule has 2 aromatic rings. The molecule has 1 N–H and O–H groups in total. The number of hydrogen-bond donors (Lipinski definition) is 1. The molecule has 1 aromatic heterocycles. The summed E-state index contributed by atoms with van der Waals surface area (Å²) in [7, 11) is 0. The van der Waals surface area contributed by atoms with Crippen LogP contribution in [0.5, 0.6) is 0 Å². The van der Waals surface area contributed by atoms with E-state index in [2.05, 4.69) is 22.2 Å². The van der Waals surface area contributed by atoms with Gasteiger partial charge in [-0.25, -0.2) is 4.98 Å². The van der Waals surface area contributed by atoms with Gasteiger partial charge in [0, 0.05) is 17.7 Å². The molecule has 106 valence electrons. The van der Waals surface area contributed by atoms with Crippen molar-refractivity contribution in [2.24, 2.45) is 4.99 Å². The standard InChI is InChI=1S/C17H17N3O/c1-2-3-11-18-16-13-9-10-14(12-7-5-4-6-8-12)19-15(13)17(21)20-16/h4-10H,2-3,11H2,1H3,(H,18,20,21). The molecule has 0 saturated heterocycles. The van der Waals surface area contributed by atoms with Crippen LogP contribution >= 0.6 is 0 Å². The zero-order valence-electron chi connectivity index (χ0n) is 12.0. The molecule has 0 radical (unpaired) electrons. The maximum atomic E-state index is 12.0. The molecule has 0 bridgehead atoms. The maximum absolute atomic E-state index is 12.0. The minimum Gasteiger partial charge on any atom is -0.305 e. The zero-order chi connectivity index (χ0) is 14.7. The van der Waals surface area contributed by atoms with Crippen LogP contribution in [0.15, 0.2) is 47.5 Å². The fourth-order valence-corrected chi connectivity index (χ4v) is 2.30. The van der Waals surface area contributed by atoms with Gasteiger partial charge < -0.3 is 5.32 Å². The average molecular weight is 279 g/mol. The third-order valence-corrected chi connectivity index (χ3v) is 3.45.